The van der Waals surface area contributed by atoms with Crippen LogP contribution in [0.1, 0.15) is 16.7 Å². The monoisotopic (exact) mass is 732 g/mol. The second-order valence-electron chi connectivity index (χ2n) is 11.4. The van der Waals surface area contributed by atoms with Gasteiger partial charge in [-0.15, -0.1) is 13.2 Å². The molecule has 2 aromatic heterocycles. The summed E-state index contributed by atoms with van der Waals surface area (Å²) in [5, 5.41) is 9.90. The Morgan fingerprint density at radius 3 is 1.81 bits per heavy atom. The van der Waals surface area contributed by atoms with Crippen molar-refractivity contribution in [3.8, 4) is 11.5 Å². The molecule has 2 aliphatic heterocycles. The molecule has 0 unspecified atom stereocenters. The first-order valence-corrected chi connectivity index (χ1v) is 16.1. The zero-order valence-corrected chi connectivity index (χ0v) is 27.8. The topological polar surface area (TPSA) is 134 Å². The summed E-state index contributed by atoms with van der Waals surface area (Å²) in [5.41, 5.74) is 2.69. The number of nitrogens with zero attached hydrogens (tertiary/aromatic N) is 6. The van der Waals surface area contributed by atoms with Crippen molar-refractivity contribution in [3.63, 3.8) is 0 Å². The summed E-state index contributed by atoms with van der Waals surface area (Å²) in [6, 6.07) is 12.8. The maximum absolute atomic E-state index is 12.3. The molecule has 3 N–H and O–H groups in total. The van der Waals surface area contributed by atoms with Gasteiger partial charge in [0.05, 0.1) is 12.7 Å². The van der Waals surface area contributed by atoms with Gasteiger partial charge in [-0.05, 0) is 42.3 Å². The van der Waals surface area contributed by atoms with Crippen LogP contribution in [0.3, 0.4) is 0 Å². The molecule has 2 aliphatic rings. The Kier molecular flexibility index (Phi) is 11.4. The number of phenols is 1. The van der Waals surface area contributed by atoms with Crippen LogP contribution in [-0.4, -0.2) is 93.6 Å². The Morgan fingerprint density at radius 1 is 0.792 bits per heavy atom. The van der Waals surface area contributed by atoms with Crippen LogP contribution < -0.4 is 25.7 Å². The summed E-state index contributed by atoms with van der Waals surface area (Å²) in [4.78, 5) is 44.7. The first kappa shape index (κ1) is 34.9. The minimum Gasteiger partial charge on any atom is -0.508 e. The lowest BCUT2D eigenvalue weighted by atomic mass is 10.1. The quantitative estimate of drug-likeness (QED) is 0.257. The summed E-state index contributed by atoms with van der Waals surface area (Å²) in [6.07, 6.45) is -1.97. The highest BCUT2D eigenvalue weighted by molar-refractivity contribution is 9.10. The van der Waals surface area contributed by atoms with Crippen molar-refractivity contribution in [2.75, 3.05) is 62.2 Å². The molecule has 4 aromatic rings. The van der Waals surface area contributed by atoms with Gasteiger partial charge in [-0.2, -0.15) is 0 Å². The molecule has 2 aromatic carbocycles. The van der Waals surface area contributed by atoms with E-state index in [9.17, 15) is 27.9 Å². The number of nitrogens with one attached hydrogen (secondary N) is 2. The molecule has 0 saturated carbocycles. The minimum atomic E-state index is -4.78. The van der Waals surface area contributed by atoms with E-state index in [1.807, 2.05) is 9.80 Å². The average molecular weight is 734 g/mol. The maximum atomic E-state index is 12.3. The number of aromatic amines is 2. The minimum absolute atomic E-state index is 0.0850. The lowest BCUT2D eigenvalue weighted by molar-refractivity contribution is -0.274. The highest BCUT2D eigenvalue weighted by atomic mass is 79.9. The van der Waals surface area contributed by atoms with Gasteiger partial charge in [0.1, 0.15) is 23.1 Å². The standard InChI is InChI=1S/C16H19BrN4O.C16H17F3N4O3/c1-12-13(3-2-4-14(12)17)10-20-5-7-21(8-6-20)15-9-16(22)19-11-18-15;17-16(18,19)26-12-1-2-13(24)11(7-12)9-22-3-5-23(6-4-22)14-8-15(25)21-10-20-14/h2-4,9,11H,5-8,10H2,1H3,(H,18,19,22);1-2,7-8,10,24H,3-6,9H2,(H,20,21,25). The van der Waals surface area contributed by atoms with Gasteiger partial charge in [0.2, 0.25) is 0 Å². The number of phenolic OH excluding ortho intramolecular Hbond substituents is 1. The number of H-pyrrole nitrogens is 2. The molecule has 0 atom stereocenters. The fraction of sp³-hybridized carbons (Fsp3) is 0.375. The number of aromatic hydroxyl groups is 1. The average Bonchev–Trinajstić information content (AvgIpc) is 3.05. The number of anilines is 2. The number of hydrogen-bond donors (Lipinski definition) is 3. The summed E-state index contributed by atoms with van der Waals surface area (Å²) in [6.45, 7) is 9.56. The third-order valence-electron chi connectivity index (χ3n) is 8.17. The van der Waals surface area contributed by atoms with Crippen LogP contribution in [-0.2, 0) is 13.1 Å². The molecule has 48 heavy (non-hydrogen) atoms. The Morgan fingerprint density at radius 2 is 1.31 bits per heavy atom. The van der Waals surface area contributed by atoms with E-state index in [4.69, 9.17) is 0 Å². The molecule has 12 nitrogen and oxygen atoms in total. The van der Waals surface area contributed by atoms with E-state index in [-0.39, 0.29) is 29.2 Å². The number of alkyl halides is 3. The van der Waals surface area contributed by atoms with Gasteiger partial charge in [-0.1, -0.05) is 28.1 Å². The van der Waals surface area contributed by atoms with Gasteiger partial charge in [-0.25, -0.2) is 9.97 Å². The van der Waals surface area contributed by atoms with Crippen LogP contribution in [0.4, 0.5) is 24.8 Å². The van der Waals surface area contributed by atoms with Crippen LogP contribution in [0.2, 0.25) is 0 Å². The van der Waals surface area contributed by atoms with Crippen molar-refractivity contribution in [3.05, 3.63) is 103 Å². The molecule has 0 radical (unpaired) electrons. The van der Waals surface area contributed by atoms with E-state index in [2.05, 4.69) is 75.5 Å². The van der Waals surface area contributed by atoms with Gasteiger partial charge in [-0.3, -0.25) is 19.4 Å². The highest BCUT2D eigenvalue weighted by Crippen LogP contribution is 2.29. The molecule has 16 heteroatoms. The van der Waals surface area contributed by atoms with E-state index in [1.165, 1.54) is 42.0 Å². The molecule has 0 aliphatic carbocycles. The Hall–Kier alpha value is -4.41. The van der Waals surface area contributed by atoms with Crippen molar-refractivity contribution in [1.82, 2.24) is 29.7 Å². The van der Waals surface area contributed by atoms with Crippen LogP contribution in [0.15, 0.2) is 75.2 Å². The molecular formula is C32H36BrF3N8O4. The Balaban J connectivity index is 0.000000190. The third-order valence-corrected chi connectivity index (χ3v) is 9.03. The summed E-state index contributed by atoms with van der Waals surface area (Å²) >= 11 is 3.59. The lowest BCUT2D eigenvalue weighted by Crippen LogP contribution is -2.46. The zero-order valence-electron chi connectivity index (χ0n) is 26.2. The first-order chi connectivity index (χ1) is 22.9. The van der Waals surface area contributed by atoms with E-state index in [0.717, 1.165) is 49.1 Å². The van der Waals surface area contributed by atoms with Crippen LogP contribution >= 0.6 is 15.9 Å². The predicted molar refractivity (Wildman–Crippen MR) is 178 cm³/mol. The largest absolute Gasteiger partial charge is 0.573 e. The lowest BCUT2D eigenvalue weighted by Gasteiger charge is -2.35. The van der Waals surface area contributed by atoms with E-state index < -0.39 is 6.36 Å². The number of rotatable bonds is 7. The predicted octanol–water partition coefficient (Wildman–Crippen LogP) is 3.86. The molecule has 2 fully saturated rings. The van der Waals surface area contributed by atoms with Crippen LogP contribution in [0, 0.1) is 6.92 Å². The smallest absolute Gasteiger partial charge is 0.508 e. The van der Waals surface area contributed by atoms with Gasteiger partial charge in [0.25, 0.3) is 11.1 Å². The normalized spacial score (nSPS) is 15.9. The van der Waals surface area contributed by atoms with Gasteiger partial charge in [0, 0.05) is 87.6 Å². The fourth-order valence-corrected chi connectivity index (χ4v) is 5.93. The van der Waals surface area contributed by atoms with Crippen molar-refractivity contribution >= 4 is 27.6 Å². The number of piperazine rings is 2. The zero-order chi connectivity index (χ0) is 34.3. The van der Waals surface area contributed by atoms with Crippen molar-refractivity contribution in [2.45, 2.75) is 26.4 Å². The SMILES string of the molecule is Cc1c(Br)cccc1CN1CCN(c2cc(=O)[nH]cn2)CC1.O=c1cc(N2CCN(Cc3cc(OC(F)(F)F)ccc3O)CC2)nc[nH]1. The number of halogens is 4. The van der Waals surface area contributed by atoms with Crippen LogP contribution in [0.25, 0.3) is 0 Å². The second-order valence-corrected chi connectivity index (χ2v) is 12.3. The molecule has 0 spiro atoms. The van der Waals surface area contributed by atoms with Crippen molar-refractivity contribution < 1.29 is 23.0 Å². The first-order valence-electron chi connectivity index (χ1n) is 15.3. The molecule has 0 amide bonds. The summed E-state index contributed by atoms with van der Waals surface area (Å²) < 4.78 is 42.1. The second kappa shape index (κ2) is 15.7. The number of ether oxygens (including phenoxy) is 1. The van der Waals surface area contributed by atoms with E-state index >= 15 is 0 Å². The number of hydrogen-bond acceptors (Lipinski definition) is 10. The highest BCUT2D eigenvalue weighted by Gasteiger charge is 2.31. The molecule has 6 rings (SSSR count). The molecule has 256 valence electrons. The molecule has 0 bridgehead atoms. The Labute approximate surface area is 282 Å². The third kappa shape index (κ3) is 9.81. The fourth-order valence-electron chi connectivity index (χ4n) is 5.52. The maximum Gasteiger partial charge on any atom is 0.573 e. The van der Waals surface area contributed by atoms with Gasteiger partial charge in [0.15, 0.2) is 0 Å². The van der Waals surface area contributed by atoms with Crippen LogP contribution in [0.5, 0.6) is 11.5 Å². The summed E-state index contributed by atoms with van der Waals surface area (Å²) in [7, 11) is 0. The number of benzene rings is 2. The van der Waals surface area contributed by atoms with Gasteiger partial charge >= 0.3 is 6.36 Å². The van der Waals surface area contributed by atoms with Crippen molar-refractivity contribution in [2.24, 2.45) is 0 Å². The van der Waals surface area contributed by atoms with Gasteiger partial charge < -0.3 is 29.6 Å². The molecule has 4 heterocycles. The molecule has 2 saturated heterocycles. The molecular weight excluding hydrogens is 697 g/mol. The van der Waals surface area contributed by atoms with E-state index in [0.29, 0.717) is 37.6 Å². The number of aromatic nitrogens is 4. The summed E-state index contributed by atoms with van der Waals surface area (Å²) in [5.74, 6) is 0.897. The Bertz CT molecular complexity index is 1790. The van der Waals surface area contributed by atoms with Crippen molar-refractivity contribution in [1.29, 1.82) is 0 Å². The van der Waals surface area contributed by atoms with E-state index in [1.54, 1.807) is 6.07 Å².